The molecule has 11 heteroatoms. The molecule has 2 heterocycles. The Bertz CT molecular complexity index is 1080. The molecule has 0 saturated carbocycles. The average Bonchev–Trinajstić information content (AvgIpc) is 2.66. The molecule has 2 aliphatic heterocycles. The SMILES string of the molecule is O=S(=O)(NS(=O)(=O)N1CCc2cc(Cl)ccc2C1)N1CCc2cc(Cl)ccc2C1. The van der Waals surface area contributed by atoms with Gasteiger partial charge in [-0.2, -0.15) is 25.4 Å². The lowest BCUT2D eigenvalue weighted by Gasteiger charge is -2.31. The minimum absolute atomic E-state index is 0.0959. The molecule has 1 N–H and O–H groups in total. The first-order valence-electron chi connectivity index (χ1n) is 8.97. The fourth-order valence-corrected chi connectivity index (χ4v) is 7.22. The molecule has 0 aromatic heterocycles. The van der Waals surface area contributed by atoms with Gasteiger partial charge in [0, 0.05) is 36.2 Å². The maximum Gasteiger partial charge on any atom is 0.293 e. The van der Waals surface area contributed by atoms with Crippen LogP contribution in [0, 0.1) is 0 Å². The van der Waals surface area contributed by atoms with Gasteiger partial charge in [0.25, 0.3) is 20.4 Å². The second kappa shape index (κ2) is 7.81. The molecule has 0 bridgehead atoms. The molecule has 4 rings (SSSR count). The van der Waals surface area contributed by atoms with Crippen LogP contribution < -0.4 is 4.13 Å². The van der Waals surface area contributed by atoms with E-state index in [0.717, 1.165) is 30.9 Å². The molecule has 0 unspecified atom stereocenters. The number of fused-ring (bicyclic) bond motifs is 2. The van der Waals surface area contributed by atoms with Gasteiger partial charge in [0.05, 0.1) is 0 Å². The van der Waals surface area contributed by atoms with E-state index >= 15 is 0 Å². The largest absolute Gasteiger partial charge is 0.293 e. The molecule has 0 amide bonds. The molecule has 156 valence electrons. The molecule has 2 aromatic carbocycles. The summed E-state index contributed by atoms with van der Waals surface area (Å²) >= 11 is 12.0. The van der Waals surface area contributed by atoms with Crippen LogP contribution in [0.3, 0.4) is 0 Å². The van der Waals surface area contributed by atoms with E-state index in [1.165, 1.54) is 0 Å². The predicted molar refractivity (Wildman–Crippen MR) is 112 cm³/mol. The van der Waals surface area contributed by atoms with Crippen molar-refractivity contribution in [2.24, 2.45) is 0 Å². The number of benzene rings is 2. The monoisotopic (exact) mass is 475 g/mol. The third-order valence-corrected chi connectivity index (χ3v) is 9.32. The van der Waals surface area contributed by atoms with Crippen molar-refractivity contribution < 1.29 is 16.8 Å². The summed E-state index contributed by atoms with van der Waals surface area (Å²) in [6.45, 7) is 0.552. The summed E-state index contributed by atoms with van der Waals surface area (Å²) in [5.41, 5.74) is 3.57. The lowest BCUT2D eigenvalue weighted by Crippen LogP contribution is -2.51. The molecule has 7 nitrogen and oxygen atoms in total. The standard InChI is InChI=1S/C18H19Cl2N3O4S2/c19-17-3-1-15-11-22(7-5-13(15)9-17)28(24,25)21-29(26,27)23-8-6-14-10-18(20)4-2-16(14)12-23/h1-4,9-10,21H,5-8,11-12H2. The molecule has 2 aromatic rings. The number of nitrogens with one attached hydrogen (secondary N) is 1. The highest BCUT2D eigenvalue weighted by molar-refractivity contribution is 8.02. The second-order valence-electron chi connectivity index (χ2n) is 7.09. The van der Waals surface area contributed by atoms with E-state index in [1.807, 2.05) is 16.3 Å². The normalized spacial score (nSPS) is 18.3. The van der Waals surface area contributed by atoms with Crippen LogP contribution in [0.25, 0.3) is 0 Å². The Morgan fingerprint density at radius 1 is 0.690 bits per heavy atom. The maximum absolute atomic E-state index is 12.8. The van der Waals surface area contributed by atoms with Gasteiger partial charge in [0.2, 0.25) is 0 Å². The molecule has 0 spiro atoms. The van der Waals surface area contributed by atoms with Crippen molar-refractivity contribution in [1.29, 1.82) is 0 Å². The first-order chi connectivity index (χ1) is 13.6. The van der Waals surface area contributed by atoms with Crippen LogP contribution in [0.2, 0.25) is 10.0 Å². The van der Waals surface area contributed by atoms with E-state index in [1.54, 1.807) is 24.3 Å². The van der Waals surface area contributed by atoms with Crippen LogP contribution in [-0.2, 0) is 46.3 Å². The average molecular weight is 476 g/mol. The van der Waals surface area contributed by atoms with Gasteiger partial charge in [0.15, 0.2) is 0 Å². The van der Waals surface area contributed by atoms with Crippen molar-refractivity contribution in [1.82, 2.24) is 12.7 Å². The number of halogens is 2. The van der Waals surface area contributed by atoms with Crippen LogP contribution in [0.4, 0.5) is 0 Å². The van der Waals surface area contributed by atoms with Crippen molar-refractivity contribution in [2.45, 2.75) is 25.9 Å². The summed E-state index contributed by atoms with van der Waals surface area (Å²) in [6.07, 6.45) is 0.934. The van der Waals surface area contributed by atoms with Crippen molar-refractivity contribution in [2.75, 3.05) is 13.1 Å². The number of hydrogen-bond donors (Lipinski definition) is 1. The fourth-order valence-electron chi connectivity index (χ4n) is 3.64. The minimum Gasteiger partial charge on any atom is -0.194 e. The Morgan fingerprint density at radius 2 is 1.10 bits per heavy atom. The summed E-state index contributed by atoms with van der Waals surface area (Å²) < 4.78 is 55.3. The van der Waals surface area contributed by atoms with Gasteiger partial charge in [-0.05, 0) is 59.4 Å². The molecule has 0 radical (unpaired) electrons. The van der Waals surface area contributed by atoms with Crippen LogP contribution in [-0.4, -0.2) is 38.5 Å². The van der Waals surface area contributed by atoms with Gasteiger partial charge in [0.1, 0.15) is 0 Å². The number of hydrogen-bond acceptors (Lipinski definition) is 4. The quantitative estimate of drug-likeness (QED) is 0.735. The number of nitrogens with zero attached hydrogens (tertiary/aromatic N) is 2. The van der Waals surface area contributed by atoms with Crippen LogP contribution in [0.15, 0.2) is 36.4 Å². The predicted octanol–water partition coefficient (Wildman–Crippen LogP) is 2.49. The van der Waals surface area contributed by atoms with Gasteiger partial charge in [-0.15, -0.1) is 0 Å². The van der Waals surface area contributed by atoms with Gasteiger partial charge in [-0.1, -0.05) is 39.5 Å². The third kappa shape index (κ3) is 4.46. The van der Waals surface area contributed by atoms with E-state index in [2.05, 4.69) is 0 Å². The fraction of sp³-hybridized carbons (Fsp3) is 0.333. The molecular formula is C18H19Cl2N3O4S2. The molecule has 0 atom stereocenters. The second-order valence-corrected chi connectivity index (χ2v) is 11.6. The zero-order valence-electron chi connectivity index (χ0n) is 15.3. The molecule has 0 saturated heterocycles. The Hall–Kier alpha value is -1.20. The summed E-state index contributed by atoms with van der Waals surface area (Å²) in [4.78, 5) is 0. The van der Waals surface area contributed by atoms with E-state index < -0.39 is 20.4 Å². The Balaban J connectivity index is 1.50. The van der Waals surface area contributed by atoms with Gasteiger partial charge >= 0.3 is 0 Å². The van der Waals surface area contributed by atoms with E-state index in [-0.39, 0.29) is 26.2 Å². The van der Waals surface area contributed by atoms with E-state index in [0.29, 0.717) is 22.9 Å². The molecule has 0 aliphatic carbocycles. The number of rotatable bonds is 4. The Labute approximate surface area is 180 Å². The summed E-state index contributed by atoms with van der Waals surface area (Å²) in [5, 5.41) is 1.18. The van der Waals surface area contributed by atoms with Crippen molar-refractivity contribution >= 4 is 43.6 Å². The van der Waals surface area contributed by atoms with Gasteiger partial charge < -0.3 is 0 Å². The highest BCUT2D eigenvalue weighted by atomic mass is 35.5. The zero-order chi connectivity index (χ0) is 20.8. The Morgan fingerprint density at radius 3 is 1.52 bits per heavy atom. The summed E-state index contributed by atoms with van der Waals surface area (Å²) in [7, 11) is -8.46. The highest BCUT2D eigenvalue weighted by Gasteiger charge is 2.35. The molecule has 29 heavy (non-hydrogen) atoms. The minimum atomic E-state index is -4.23. The third-order valence-electron chi connectivity index (χ3n) is 5.18. The van der Waals surface area contributed by atoms with Crippen molar-refractivity contribution in [3.8, 4) is 0 Å². The van der Waals surface area contributed by atoms with Gasteiger partial charge in [-0.3, -0.25) is 0 Å². The van der Waals surface area contributed by atoms with Crippen molar-refractivity contribution in [3.63, 3.8) is 0 Å². The van der Waals surface area contributed by atoms with Crippen molar-refractivity contribution in [3.05, 3.63) is 68.7 Å². The lowest BCUT2D eigenvalue weighted by molar-refractivity contribution is 0.375. The van der Waals surface area contributed by atoms with Gasteiger partial charge in [-0.25, -0.2) is 0 Å². The summed E-state index contributed by atoms with van der Waals surface area (Å²) in [6, 6.07) is 10.5. The Kier molecular flexibility index (Phi) is 5.67. The smallest absolute Gasteiger partial charge is 0.194 e. The maximum atomic E-state index is 12.8. The topological polar surface area (TPSA) is 86.8 Å². The molecular weight excluding hydrogens is 457 g/mol. The molecule has 0 fully saturated rings. The van der Waals surface area contributed by atoms with Crippen LogP contribution >= 0.6 is 23.2 Å². The highest BCUT2D eigenvalue weighted by Crippen LogP contribution is 2.26. The van der Waals surface area contributed by atoms with E-state index in [9.17, 15) is 16.8 Å². The van der Waals surface area contributed by atoms with Crippen LogP contribution in [0.5, 0.6) is 0 Å². The first-order valence-corrected chi connectivity index (χ1v) is 12.6. The van der Waals surface area contributed by atoms with E-state index in [4.69, 9.17) is 23.2 Å². The summed E-state index contributed by atoms with van der Waals surface area (Å²) in [5.74, 6) is 0. The molecule has 2 aliphatic rings. The zero-order valence-corrected chi connectivity index (χ0v) is 18.5. The first kappa shape index (κ1) is 21.0. The van der Waals surface area contributed by atoms with Crippen LogP contribution in [0.1, 0.15) is 22.3 Å². The lowest BCUT2D eigenvalue weighted by atomic mass is 10.0.